The Labute approximate surface area is 107 Å². The number of Topliss-reactive ketones (excluding diaryl/α,β-unsaturated/α-hetero) is 1. The molecule has 0 saturated heterocycles. The highest BCUT2D eigenvalue weighted by molar-refractivity contribution is 5.84. The van der Waals surface area contributed by atoms with Gasteiger partial charge in [-0.05, 0) is 37.7 Å². The van der Waals surface area contributed by atoms with Crippen LogP contribution in [0.4, 0.5) is 0 Å². The van der Waals surface area contributed by atoms with Gasteiger partial charge in [-0.3, -0.25) is 9.59 Å². The van der Waals surface area contributed by atoms with E-state index in [0.29, 0.717) is 12.8 Å². The monoisotopic (exact) mass is 246 g/mol. The van der Waals surface area contributed by atoms with E-state index in [4.69, 9.17) is 0 Å². The molecule has 0 heterocycles. The Kier molecular flexibility index (Phi) is 3.80. The zero-order valence-electron chi connectivity index (χ0n) is 10.5. The van der Waals surface area contributed by atoms with Crippen molar-refractivity contribution in [3.05, 3.63) is 35.9 Å². The summed E-state index contributed by atoms with van der Waals surface area (Å²) in [5.41, 5.74) is 1.19. The molecule has 1 N–H and O–H groups in total. The first-order chi connectivity index (χ1) is 8.59. The third kappa shape index (κ3) is 2.61. The lowest BCUT2D eigenvalue weighted by Crippen LogP contribution is -2.34. The van der Waals surface area contributed by atoms with Crippen molar-refractivity contribution in [2.45, 2.75) is 32.1 Å². The van der Waals surface area contributed by atoms with Gasteiger partial charge >= 0.3 is 5.97 Å². The van der Waals surface area contributed by atoms with E-state index in [-0.39, 0.29) is 17.6 Å². The van der Waals surface area contributed by atoms with Crippen LogP contribution < -0.4 is 0 Å². The van der Waals surface area contributed by atoms with Gasteiger partial charge in [0.15, 0.2) is 0 Å². The minimum atomic E-state index is -0.837. The van der Waals surface area contributed by atoms with Crippen LogP contribution in [0.1, 0.15) is 37.7 Å². The fraction of sp³-hybridized carbons (Fsp3) is 0.467. The second-order valence-corrected chi connectivity index (χ2v) is 5.08. The lowest BCUT2D eigenvalue weighted by molar-refractivity contribution is -0.148. The van der Waals surface area contributed by atoms with Crippen molar-refractivity contribution in [1.82, 2.24) is 0 Å². The van der Waals surface area contributed by atoms with Gasteiger partial charge in [-0.25, -0.2) is 0 Å². The molecule has 0 aromatic heterocycles. The lowest BCUT2D eigenvalue weighted by atomic mass is 9.70. The quantitative estimate of drug-likeness (QED) is 0.892. The number of carbonyl (C=O) groups is 2. The number of carbonyl (C=O) groups excluding carboxylic acids is 1. The normalized spacial score (nSPS) is 27.7. The van der Waals surface area contributed by atoms with Crippen LogP contribution in [0, 0.1) is 11.8 Å². The summed E-state index contributed by atoms with van der Waals surface area (Å²) in [6.45, 7) is 1.50. The van der Waals surface area contributed by atoms with Crippen molar-refractivity contribution in [3.8, 4) is 0 Å². The summed E-state index contributed by atoms with van der Waals surface area (Å²) in [6.07, 6.45) is 2.16. The number of hydrogen-bond donors (Lipinski definition) is 1. The van der Waals surface area contributed by atoms with Crippen molar-refractivity contribution in [2.75, 3.05) is 0 Å². The summed E-state index contributed by atoms with van der Waals surface area (Å²) in [7, 11) is 0. The van der Waals surface area contributed by atoms with E-state index in [1.165, 1.54) is 12.5 Å². The number of benzene rings is 1. The first-order valence-electron chi connectivity index (χ1n) is 6.37. The van der Waals surface area contributed by atoms with Crippen LogP contribution in [-0.4, -0.2) is 16.9 Å². The molecule has 0 aliphatic heterocycles. The smallest absolute Gasteiger partial charge is 0.307 e. The molecule has 1 saturated carbocycles. The molecule has 0 spiro atoms. The van der Waals surface area contributed by atoms with Gasteiger partial charge in [0, 0.05) is 5.92 Å². The Bertz CT molecular complexity index is 438. The average Bonchev–Trinajstić information content (AvgIpc) is 2.39. The largest absolute Gasteiger partial charge is 0.481 e. The highest BCUT2D eigenvalue weighted by atomic mass is 16.4. The van der Waals surface area contributed by atoms with E-state index in [9.17, 15) is 14.7 Å². The van der Waals surface area contributed by atoms with E-state index in [1.807, 2.05) is 30.3 Å². The van der Waals surface area contributed by atoms with Gasteiger partial charge in [0.25, 0.3) is 0 Å². The second-order valence-electron chi connectivity index (χ2n) is 5.08. The van der Waals surface area contributed by atoms with Gasteiger partial charge in [0.1, 0.15) is 5.78 Å². The number of ketones is 1. The zero-order valence-corrected chi connectivity index (χ0v) is 10.5. The van der Waals surface area contributed by atoms with Crippen LogP contribution in [-0.2, 0) is 9.59 Å². The maximum Gasteiger partial charge on any atom is 0.307 e. The molecule has 3 heteroatoms. The molecule has 1 fully saturated rings. The molecule has 1 aromatic carbocycles. The molecule has 0 unspecified atom stereocenters. The van der Waals surface area contributed by atoms with E-state index in [0.717, 1.165) is 6.42 Å². The topological polar surface area (TPSA) is 54.4 Å². The zero-order chi connectivity index (χ0) is 13.1. The fourth-order valence-corrected chi connectivity index (χ4v) is 2.96. The SMILES string of the molecule is CC(=O)[C@@H]1CC[C@@H](c2ccccc2)C[C@@H]1C(=O)O. The van der Waals surface area contributed by atoms with Gasteiger partial charge < -0.3 is 5.11 Å². The molecule has 1 aliphatic rings. The molecule has 1 aliphatic carbocycles. The average molecular weight is 246 g/mol. The number of carboxylic acids is 1. The lowest BCUT2D eigenvalue weighted by Gasteiger charge is -2.32. The molecule has 3 nitrogen and oxygen atoms in total. The van der Waals surface area contributed by atoms with Gasteiger partial charge in [-0.15, -0.1) is 0 Å². The molecular formula is C15H18O3. The van der Waals surface area contributed by atoms with Crippen molar-refractivity contribution >= 4 is 11.8 Å². The first kappa shape index (κ1) is 12.8. The maximum absolute atomic E-state index is 11.5. The Morgan fingerprint density at radius 2 is 1.78 bits per heavy atom. The van der Waals surface area contributed by atoms with Gasteiger partial charge in [0.05, 0.1) is 5.92 Å². The van der Waals surface area contributed by atoms with Crippen molar-refractivity contribution in [2.24, 2.45) is 11.8 Å². The second kappa shape index (κ2) is 5.34. The molecular weight excluding hydrogens is 228 g/mol. The van der Waals surface area contributed by atoms with E-state index in [1.54, 1.807) is 0 Å². The van der Waals surface area contributed by atoms with E-state index in [2.05, 4.69) is 0 Å². The summed E-state index contributed by atoms with van der Waals surface area (Å²) in [6, 6.07) is 9.99. The van der Waals surface area contributed by atoms with Crippen molar-refractivity contribution < 1.29 is 14.7 Å². The molecule has 18 heavy (non-hydrogen) atoms. The minimum absolute atomic E-state index is 0.00825. The fourth-order valence-electron chi connectivity index (χ4n) is 2.96. The number of carboxylic acid groups (broad SMARTS) is 1. The van der Waals surface area contributed by atoms with Gasteiger partial charge in [0.2, 0.25) is 0 Å². The standard InChI is InChI=1S/C15H18O3/c1-10(16)13-8-7-12(9-14(13)15(17)18)11-5-3-2-4-6-11/h2-6,12-14H,7-9H2,1H3,(H,17,18)/t12-,13+,14+/m1/s1. The molecule has 1 aromatic rings. The molecule has 2 rings (SSSR count). The summed E-state index contributed by atoms with van der Waals surface area (Å²) in [5.74, 6) is -1.39. The van der Waals surface area contributed by atoms with Crippen LogP contribution in [0.3, 0.4) is 0 Å². The molecule has 0 bridgehead atoms. The van der Waals surface area contributed by atoms with Crippen LogP contribution in [0.2, 0.25) is 0 Å². The predicted molar refractivity (Wildman–Crippen MR) is 68.3 cm³/mol. The Hall–Kier alpha value is -1.64. The molecule has 0 amide bonds. The Morgan fingerprint density at radius 3 is 2.33 bits per heavy atom. The minimum Gasteiger partial charge on any atom is -0.481 e. The first-order valence-corrected chi connectivity index (χ1v) is 6.37. The maximum atomic E-state index is 11.5. The number of rotatable bonds is 3. The van der Waals surface area contributed by atoms with Crippen LogP contribution >= 0.6 is 0 Å². The number of hydrogen-bond acceptors (Lipinski definition) is 2. The van der Waals surface area contributed by atoms with Crippen molar-refractivity contribution in [3.63, 3.8) is 0 Å². The summed E-state index contributed by atoms with van der Waals surface area (Å²) >= 11 is 0. The van der Waals surface area contributed by atoms with Crippen LogP contribution in [0.15, 0.2) is 30.3 Å². The van der Waals surface area contributed by atoms with Gasteiger partial charge in [-0.2, -0.15) is 0 Å². The Morgan fingerprint density at radius 1 is 1.11 bits per heavy atom. The summed E-state index contributed by atoms with van der Waals surface area (Å²) in [5, 5.41) is 9.27. The van der Waals surface area contributed by atoms with E-state index < -0.39 is 11.9 Å². The highest BCUT2D eigenvalue weighted by Crippen LogP contribution is 2.40. The third-order valence-corrected chi connectivity index (χ3v) is 3.96. The number of aliphatic carboxylic acids is 1. The summed E-state index contributed by atoms with van der Waals surface area (Å²) in [4.78, 5) is 22.8. The third-order valence-electron chi connectivity index (χ3n) is 3.96. The Balaban J connectivity index is 2.16. The van der Waals surface area contributed by atoms with Crippen molar-refractivity contribution in [1.29, 1.82) is 0 Å². The van der Waals surface area contributed by atoms with Gasteiger partial charge in [-0.1, -0.05) is 30.3 Å². The molecule has 3 atom stereocenters. The molecule has 96 valence electrons. The molecule has 0 radical (unpaired) electrons. The summed E-state index contributed by atoms with van der Waals surface area (Å²) < 4.78 is 0. The van der Waals surface area contributed by atoms with Crippen LogP contribution in [0.25, 0.3) is 0 Å². The van der Waals surface area contributed by atoms with E-state index >= 15 is 0 Å². The van der Waals surface area contributed by atoms with Crippen LogP contribution in [0.5, 0.6) is 0 Å². The predicted octanol–water partition coefficient (Wildman–Crippen LogP) is 2.86. The highest BCUT2D eigenvalue weighted by Gasteiger charge is 2.37.